The summed E-state index contributed by atoms with van der Waals surface area (Å²) in [5.74, 6) is -1.67. The molecule has 0 saturated carbocycles. The third kappa shape index (κ3) is 5.47. The number of ether oxygens (including phenoxy) is 2. The first-order valence-electron chi connectivity index (χ1n) is 7.60. The molecular formula is C18H15Cl2NO5. The normalized spacial score (nSPS) is 10.1. The van der Waals surface area contributed by atoms with Crippen LogP contribution in [0.1, 0.15) is 27.6 Å². The Kier molecular flexibility index (Phi) is 7.00. The van der Waals surface area contributed by atoms with Crippen molar-refractivity contribution in [3.8, 4) is 0 Å². The van der Waals surface area contributed by atoms with Gasteiger partial charge in [0.1, 0.15) is 0 Å². The average Bonchev–Trinajstić information content (AvgIpc) is 2.62. The maximum Gasteiger partial charge on any atom is 0.338 e. The molecule has 1 N–H and O–H groups in total. The van der Waals surface area contributed by atoms with Crippen molar-refractivity contribution in [2.24, 2.45) is 0 Å². The Hall–Kier alpha value is -2.57. The number of nitrogens with one attached hydrogen (secondary N) is 1. The number of amides is 1. The van der Waals surface area contributed by atoms with Gasteiger partial charge in [0, 0.05) is 5.69 Å². The highest BCUT2D eigenvalue weighted by Crippen LogP contribution is 2.22. The standard InChI is InChI=1S/C18H15Cl2NO5/c1-2-25-17(23)11-3-6-13(7-4-11)21-16(22)10-26-18(24)12-5-8-14(19)15(20)9-12/h3-9H,2,10H2,1H3,(H,21,22). The van der Waals surface area contributed by atoms with E-state index in [0.29, 0.717) is 16.3 Å². The van der Waals surface area contributed by atoms with Crippen LogP contribution in [0.5, 0.6) is 0 Å². The van der Waals surface area contributed by atoms with Crippen LogP contribution >= 0.6 is 23.2 Å². The molecule has 0 unspecified atom stereocenters. The van der Waals surface area contributed by atoms with Gasteiger partial charge < -0.3 is 14.8 Å². The quantitative estimate of drug-likeness (QED) is 0.748. The largest absolute Gasteiger partial charge is 0.462 e. The molecule has 26 heavy (non-hydrogen) atoms. The van der Waals surface area contributed by atoms with Crippen molar-refractivity contribution >= 4 is 46.7 Å². The first-order chi connectivity index (χ1) is 12.4. The maximum absolute atomic E-state index is 11.9. The van der Waals surface area contributed by atoms with Gasteiger partial charge in [-0.25, -0.2) is 9.59 Å². The summed E-state index contributed by atoms with van der Waals surface area (Å²) in [6.45, 7) is 1.52. The summed E-state index contributed by atoms with van der Waals surface area (Å²) in [5.41, 5.74) is 1.01. The van der Waals surface area contributed by atoms with E-state index in [2.05, 4.69) is 5.32 Å². The van der Waals surface area contributed by atoms with Gasteiger partial charge in [-0.3, -0.25) is 4.79 Å². The molecular weight excluding hydrogens is 381 g/mol. The summed E-state index contributed by atoms with van der Waals surface area (Å²) >= 11 is 11.6. The lowest BCUT2D eigenvalue weighted by atomic mass is 10.2. The Labute approximate surface area is 160 Å². The number of carbonyl (C=O) groups excluding carboxylic acids is 3. The van der Waals surface area contributed by atoms with Gasteiger partial charge in [-0.05, 0) is 49.4 Å². The topological polar surface area (TPSA) is 81.7 Å². The third-order valence-corrected chi connectivity index (χ3v) is 3.91. The van der Waals surface area contributed by atoms with Crippen molar-refractivity contribution in [1.29, 1.82) is 0 Å². The molecule has 0 aliphatic carbocycles. The van der Waals surface area contributed by atoms with Crippen LogP contribution in [-0.4, -0.2) is 31.1 Å². The van der Waals surface area contributed by atoms with Gasteiger partial charge in [0.15, 0.2) is 6.61 Å². The summed E-state index contributed by atoms with van der Waals surface area (Å²) in [6, 6.07) is 10.4. The fraction of sp³-hybridized carbons (Fsp3) is 0.167. The van der Waals surface area contributed by atoms with Crippen LogP contribution in [0.2, 0.25) is 10.0 Å². The first-order valence-corrected chi connectivity index (χ1v) is 8.35. The SMILES string of the molecule is CCOC(=O)c1ccc(NC(=O)COC(=O)c2ccc(Cl)c(Cl)c2)cc1. The molecule has 0 radical (unpaired) electrons. The third-order valence-electron chi connectivity index (χ3n) is 3.17. The van der Waals surface area contributed by atoms with Gasteiger partial charge in [0.2, 0.25) is 0 Å². The van der Waals surface area contributed by atoms with Crippen LogP contribution in [0.3, 0.4) is 0 Å². The second-order valence-corrected chi connectivity index (χ2v) is 5.87. The van der Waals surface area contributed by atoms with E-state index in [1.54, 1.807) is 19.1 Å². The molecule has 0 fully saturated rings. The number of anilines is 1. The lowest BCUT2D eigenvalue weighted by Gasteiger charge is -2.08. The Morgan fingerprint density at radius 1 is 0.885 bits per heavy atom. The molecule has 0 aliphatic rings. The number of halogens is 2. The predicted molar refractivity (Wildman–Crippen MR) is 97.8 cm³/mol. The van der Waals surface area contributed by atoms with Crippen molar-refractivity contribution in [1.82, 2.24) is 0 Å². The lowest BCUT2D eigenvalue weighted by molar-refractivity contribution is -0.119. The number of rotatable bonds is 6. The smallest absolute Gasteiger partial charge is 0.338 e. The molecule has 8 heteroatoms. The minimum absolute atomic E-state index is 0.186. The number of carbonyl (C=O) groups is 3. The van der Waals surface area contributed by atoms with E-state index in [0.717, 1.165) is 0 Å². The molecule has 2 aromatic carbocycles. The molecule has 0 saturated heterocycles. The number of esters is 2. The van der Waals surface area contributed by atoms with Crippen molar-refractivity contribution in [3.05, 3.63) is 63.6 Å². The molecule has 0 atom stereocenters. The summed E-state index contributed by atoms with van der Waals surface area (Å²) in [6.07, 6.45) is 0. The van der Waals surface area contributed by atoms with Crippen molar-refractivity contribution in [3.63, 3.8) is 0 Å². The van der Waals surface area contributed by atoms with Crippen LogP contribution in [0.4, 0.5) is 5.69 Å². The Bertz CT molecular complexity index is 821. The molecule has 2 rings (SSSR count). The van der Waals surface area contributed by atoms with Crippen molar-refractivity contribution in [2.75, 3.05) is 18.5 Å². The van der Waals surface area contributed by atoms with Gasteiger partial charge in [-0.2, -0.15) is 0 Å². The highest BCUT2D eigenvalue weighted by molar-refractivity contribution is 6.42. The van der Waals surface area contributed by atoms with Crippen LogP contribution in [0.15, 0.2) is 42.5 Å². The van der Waals surface area contributed by atoms with Crippen LogP contribution < -0.4 is 5.32 Å². The molecule has 0 aliphatic heterocycles. The Balaban J connectivity index is 1.87. The average molecular weight is 396 g/mol. The van der Waals surface area contributed by atoms with Crippen LogP contribution in [-0.2, 0) is 14.3 Å². The highest BCUT2D eigenvalue weighted by Gasteiger charge is 2.12. The molecule has 0 heterocycles. The Morgan fingerprint density at radius 2 is 1.50 bits per heavy atom. The van der Waals surface area contributed by atoms with E-state index >= 15 is 0 Å². The zero-order valence-corrected chi connectivity index (χ0v) is 15.3. The zero-order chi connectivity index (χ0) is 19.1. The summed E-state index contributed by atoms with van der Waals surface area (Å²) in [7, 11) is 0. The van der Waals surface area contributed by atoms with Crippen molar-refractivity contribution in [2.45, 2.75) is 6.92 Å². The molecule has 6 nitrogen and oxygen atoms in total. The van der Waals surface area contributed by atoms with E-state index in [1.807, 2.05) is 0 Å². The van der Waals surface area contributed by atoms with E-state index in [-0.39, 0.29) is 17.2 Å². The maximum atomic E-state index is 11.9. The van der Waals surface area contributed by atoms with Gasteiger partial charge in [-0.1, -0.05) is 23.2 Å². The van der Waals surface area contributed by atoms with Gasteiger partial charge >= 0.3 is 11.9 Å². The van der Waals surface area contributed by atoms with Gasteiger partial charge in [0.05, 0.1) is 27.8 Å². The summed E-state index contributed by atoms with van der Waals surface area (Å²) < 4.78 is 9.79. The molecule has 136 valence electrons. The van der Waals surface area contributed by atoms with E-state index in [4.69, 9.17) is 32.7 Å². The monoisotopic (exact) mass is 395 g/mol. The number of hydrogen-bond acceptors (Lipinski definition) is 5. The second-order valence-electron chi connectivity index (χ2n) is 5.05. The molecule has 2 aromatic rings. The minimum atomic E-state index is -0.698. The predicted octanol–water partition coefficient (Wildman–Crippen LogP) is 3.97. The highest BCUT2D eigenvalue weighted by atomic mass is 35.5. The molecule has 0 spiro atoms. The van der Waals surface area contributed by atoms with Crippen LogP contribution in [0, 0.1) is 0 Å². The van der Waals surface area contributed by atoms with E-state index in [9.17, 15) is 14.4 Å². The number of hydrogen-bond donors (Lipinski definition) is 1. The van der Waals surface area contributed by atoms with Crippen LogP contribution in [0.25, 0.3) is 0 Å². The van der Waals surface area contributed by atoms with Gasteiger partial charge in [-0.15, -0.1) is 0 Å². The fourth-order valence-electron chi connectivity index (χ4n) is 1.94. The minimum Gasteiger partial charge on any atom is -0.462 e. The first kappa shape index (κ1) is 19.8. The van der Waals surface area contributed by atoms with E-state index < -0.39 is 24.5 Å². The molecule has 1 amide bonds. The Morgan fingerprint density at radius 3 is 2.12 bits per heavy atom. The lowest BCUT2D eigenvalue weighted by Crippen LogP contribution is -2.21. The zero-order valence-electron chi connectivity index (χ0n) is 13.8. The number of benzene rings is 2. The van der Waals surface area contributed by atoms with Crippen molar-refractivity contribution < 1.29 is 23.9 Å². The summed E-state index contributed by atoms with van der Waals surface area (Å²) in [4.78, 5) is 35.3. The molecule has 0 aromatic heterocycles. The van der Waals surface area contributed by atoms with Gasteiger partial charge in [0.25, 0.3) is 5.91 Å². The second kappa shape index (κ2) is 9.22. The summed E-state index contributed by atoms with van der Waals surface area (Å²) in [5, 5.41) is 3.08. The molecule has 0 bridgehead atoms. The van der Waals surface area contributed by atoms with E-state index in [1.165, 1.54) is 30.3 Å². The fourth-order valence-corrected chi connectivity index (χ4v) is 2.24.